The summed E-state index contributed by atoms with van der Waals surface area (Å²) >= 11 is 0.530. The summed E-state index contributed by atoms with van der Waals surface area (Å²) in [6, 6.07) is 6.29. The Kier molecular flexibility index (Phi) is 2.83. The summed E-state index contributed by atoms with van der Waals surface area (Å²) in [5, 5.41) is 9.12. The fourth-order valence-electron chi connectivity index (χ4n) is 0.695. The molecule has 0 aliphatic heterocycles. The standard InChI is InChI=1S/C7H6O3.Bi/c8-6-4-2-1-3-5(6)7(9)10;/h1-4,8H,(H,9,10);/q;+1/p-1. The monoisotopic (exact) mass is 346 g/mol. The van der Waals surface area contributed by atoms with Gasteiger partial charge in [0.2, 0.25) is 0 Å². The first-order valence-corrected chi connectivity index (χ1v) is 4.31. The third-order valence-corrected chi connectivity index (χ3v) is 1.85. The first kappa shape index (κ1) is 8.47. The van der Waals surface area contributed by atoms with Gasteiger partial charge in [0.15, 0.2) is 0 Å². The van der Waals surface area contributed by atoms with Gasteiger partial charge in [0, 0.05) is 0 Å². The summed E-state index contributed by atoms with van der Waals surface area (Å²) in [4.78, 5) is 10.9. The molecule has 0 bridgehead atoms. The Hall–Kier alpha value is -0.627. The van der Waals surface area contributed by atoms with Crippen molar-refractivity contribution in [3.63, 3.8) is 0 Å². The molecule has 0 aliphatic rings. The Morgan fingerprint density at radius 1 is 1.45 bits per heavy atom. The van der Waals surface area contributed by atoms with Gasteiger partial charge in [-0.15, -0.1) is 0 Å². The predicted octanol–water partition coefficient (Wildman–Crippen LogP) is 0.632. The third kappa shape index (κ3) is 1.90. The summed E-state index contributed by atoms with van der Waals surface area (Å²) in [5.74, 6) is -0.514. The van der Waals surface area contributed by atoms with Crippen LogP contribution in [0, 0.1) is 0 Å². The Morgan fingerprint density at radius 3 is 2.64 bits per heavy atom. The van der Waals surface area contributed by atoms with Gasteiger partial charge in [-0.1, -0.05) is 0 Å². The van der Waals surface area contributed by atoms with E-state index in [9.17, 15) is 4.79 Å². The zero-order valence-electron chi connectivity index (χ0n) is 5.52. The molecule has 1 aromatic rings. The molecule has 0 heterocycles. The van der Waals surface area contributed by atoms with E-state index in [0.29, 0.717) is 25.2 Å². The topological polar surface area (TPSA) is 46.5 Å². The molecule has 0 spiro atoms. The Morgan fingerprint density at radius 2 is 2.09 bits per heavy atom. The zero-order valence-corrected chi connectivity index (χ0v) is 9.00. The van der Waals surface area contributed by atoms with Crippen LogP contribution in [0.3, 0.4) is 0 Å². The Bertz CT molecular complexity index is 272. The predicted molar refractivity (Wildman–Crippen MR) is 39.3 cm³/mol. The quantitative estimate of drug-likeness (QED) is 0.759. The fourth-order valence-corrected chi connectivity index (χ4v) is 1.08. The molecule has 3 nitrogen and oxygen atoms in total. The minimum absolute atomic E-state index is 0.0384. The molecule has 56 valence electrons. The molecule has 1 rings (SSSR count). The molecule has 11 heavy (non-hydrogen) atoms. The maximum absolute atomic E-state index is 10.9. The number of para-hydroxylation sites is 1. The van der Waals surface area contributed by atoms with Crippen LogP contribution in [0.1, 0.15) is 10.4 Å². The minimum atomic E-state index is -0.476. The van der Waals surface area contributed by atoms with Gasteiger partial charge in [-0.3, -0.25) is 0 Å². The summed E-state index contributed by atoms with van der Waals surface area (Å²) in [5.41, 5.74) is 0.218. The number of hydrogen-bond donors (Lipinski definition) is 1. The van der Waals surface area contributed by atoms with Gasteiger partial charge < -0.3 is 0 Å². The van der Waals surface area contributed by atoms with Crippen LogP contribution >= 0.6 is 0 Å². The molecular formula is C7H5BiO3. The Balaban J connectivity index is 3.03. The van der Waals surface area contributed by atoms with Crippen molar-refractivity contribution in [1.29, 1.82) is 0 Å². The second-order valence-electron chi connectivity index (χ2n) is 1.90. The van der Waals surface area contributed by atoms with Crippen LogP contribution in [0.2, 0.25) is 0 Å². The number of rotatable bonds is 1. The van der Waals surface area contributed by atoms with E-state index >= 15 is 0 Å². The van der Waals surface area contributed by atoms with E-state index < -0.39 is 5.97 Å². The second-order valence-corrected chi connectivity index (χ2v) is 2.61. The maximum atomic E-state index is 10.9. The van der Waals surface area contributed by atoms with Crippen LogP contribution in [0.4, 0.5) is 0 Å². The van der Waals surface area contributed by atoms with E-state index in [0.717, 1.165) is 0 Å². The van der Waals surface area contributed by atoms with Crippen LogP contribution < -0.4 is 0 Å². The first-order chi connectivity index (χ1) is 5.25. The number of phenolic OH excluding ortho intramolecular Hbond substituents is 1. The van der Waals surface area contributed by atoms with Crippen molar-refractivity contribution in [1.82, 2.24) is 0 Å². The summed E-state index contributed by atoms with van der Waals surface area (Å²) < 4.78 is 4.53. The van der Waals surface area contributed by atoms with E-state index in [2.05, 4.69) is 2.81 Å². The van der Waals surface area contributed by atoms with Gasteiger partial charge in [0.1, 0.15) is 0 Å². The third-order valence-electron chi connectivity index (χ3n) is 1.21. The summed E-state index contributed by atoms with van der Waals surface area (Å²) in [6.07, 6.45) is 0. The van der Waals surface area contributed by atoms with E-state index in [1.54, 1.807) is 12.1 Å². The van der Waals surface area contributed by atoms with Crippen LogP contribution in [-0.4, -0.2) is 36.2 Å². The average molecular weight is 346 g/mol. The van der Waals surface area contributed by atoms with Crippen LogP contribution in [-0.2, 0) is 2.81 Å². The molecule has 0 aromatic heterocycles. The molecule has 1 aromatic carbocycles. The van der Waals surface area contributed by atoms with E-state index in [1.165, 1.54) is 12.1 Å². The van der Waals surface area contributed by atoms with Gasteiger partial charge >= 0.3 is 79.4 Å². The number of carbonyl (C=O) groups excluding carboxylic acids is 1. The van der Waals surface area contributed by atoms with Gasteiger partial charge in [-0.25, -0.2) is 0 Å². The molecule has 2 radical (unpaired) electrons. The van der Waals surface area contributed by atoms with E-state index in [4.69, 9.17) is 5.11 Å². The van der Waals surface area contributed by atoms with Crippen molar-refractivity contribution in [2.75, 3.05) is 0 Å². The normalized spacial score (nSPS) is 9.18. The molecule has 1 N–H and O–H groups in total. The van der Waals surface area contributed by atoms with Crippen LogP contribution in [0.25, 0.3) is 0 Å². The molecule has 0 fully saturated rings. The number of carbonyl (C=O) groups is 1. The van der Waals surface area contributed by atoms with Gasteiger partial charge in [-0.05, 0) is 0 Å². The number of benzene rings is 1. The molecular weight excluding hydrogens is 341 g/mol. The number of hydrogen-bond acceptors (Lipinski definition) is 3. The molecule has 0 unspecified atom stereocenters. The van der Waals surface area contributed by atoms with E-state index in [-0.39, 0.29) is 11.3 Å². The van der Waals surface area contributed by atoms with Crippen molar-refractivity contribution in [3.05, 3.63) is 29.8 Å². The van der Waals surface area contributed by atoms with Gasteiger partial charge in [0.25, 0.3) is 0 Å². The van der Waals surface area contributed by atoms with Crippen LogP contribution in [0.5, 0.6) is 5.75 Å². The molecule has 0 atom stereocenters. The molecule has 0 amide bonds. The number of aromatic hydroxyl groups is 1. The van der Waals surface area contributed by atoms with Crippen molar-refractivity contribution in [2.24, 2.45) is 0 Å². The summed E-state index contributed by atoms with van der Waals surface area (Å²) in [6.45, 7) is 0. The first-order valence-electron chi connectivity index (χ1n) is 2.89. The summed E-state index contributed by atoms with van der Waals surface area (Å²) in [7, 11) is 0. The average Bonchev–Trinajstić information content (AvgIpc) is 2.04. The zero-order chi connectivity index (χ0) is 8.27. The van der Waals surface area contributed by atoms with Gasteiger partial charge in [0.05, 0.1) is 0 Å². The van der Waals surface area contributed by atoms with Crippen molar-refractivity contribution < 1.29 is 12.7 Å². The molecule has 0 aliphatic carbocycles. The van der Waals surface area contributed by atoms with E-state index in [1.807, 2.05) is 0 Å². The Labute approximate surface area is 79.5 Å². The van der Waals surface area contributed by atoms with Gasteiger partial charge in [-0.2, -0.15) is 0 Å². The fraction of sp³-hybridized carbons (Fsp3) is 0. The molecule has 0 saturated heterocycles. The van der Waals surface area contributed by atoms with Crippen molar-refractivity contribution in [3.8, 4) is 5.75 Å². The van der Waals surface area contributed by atoms with Crippen LogP contribution in [0.15, 0.2) is 24.3 Å². The SMILES string of the molecule is O=C([O][Bi])c1ccccc1O. The van der Waals surface area contributed by atoms with Crippen molar-refractivity contribution in [2.45, 2.75) is 0 Å². The molecule has 0 saturated carbocycles. The number of phenols is 1. The van der Waals surface area contributed by atoms with Crippen molar-refractivity contribution >= 4 is 31.1 Å². The second kappa shape index (κ2) is 3.67. The molecule has 4 heteroatoms.